The summed E-state index contributed by atoms with van der Waals surface area (Å²) in [6.45, 7) is 15.0. The SMILES string of the molecule is CC(C)C1NC(CCNC(=O)OC(C)(C)C)C(=O)N1Cc1ccccc1.CCc1cccc(C)c1. The molecular formula is C29H43N3O3. The van der Waals surface area contributed by atoms with Gasteiger partial charge in [-0.25, -0.2) is 4.79 Å². The van der Waals surface area contributed by atoms with Gasteiger partial charge in [0.05, 0.1) is 12.2 Å². The lowest BCUT2D eigenvalue weighted by Crippen LogP contribution is -2.41. The predicted molar refractivity (Wildman–Crippen MR) is 142 cm³/mol. The number of rotatable bonds is 7. The molecular weight excluding hydrogens is 438 g/mol. The van der Waals surface area contributed by atoms with Crippen molar-refractivity contribution in [1.29, 1.82) is 0 Å². The molecule has 1 fully saturated rings. The van der Waals surface area contributed by atoms with Gasteiger partial charge in [0.2, 0.25) is 5.91 Å². The zero-order valence-electron chi connectivity index (χ0n) is 22.4. The van der Waals surface area contributed by atoms with Crippen molar-refractivity contribution in [3.63, 3.8) is 0 Å². The number of amides is 2. The zero-order valence-corrected chi connectivity index (χ0v) is 22.4. The Morgan fingerprint density at radius 1 is 1.09 bits per heavy atom. The minimum absolute atomic E-state index is 0.00534. The van der Waals surface area contributed by atoms with Gasteiger partial charge in [-0.2, -0.15) is 0 Å². The Balaban J connectivity index is 0.000000402. The second-order valence-corrected chi connectivity index (χ2v) is 10.4. The molecule has 2 aromatic rings. The van der Waals surface area contributed by atoms with Crippen molar-refractivity contribution in [2.45, 2.75) is 85.7 Å². The van der Waals surface area contributed by atoms with Gasteiger partial charge >= 0.3 is 6.09 Å². The molecule has 0 spiro atoms. The van der Waals surface area contributed by atoms with Crippen LogP contribution in [0.3, 0.4) is 0 Å². The molecule has 192 valence electrons. The Labute approximate surface area is 211 Å². The second kappa shape index (κ2) is 13.3. The summed E-state index contributed by atoms with van der Waals surface area (Å²) in [5, 5.41) is 6.14. The minimum atomic E-state index is -0.527. The monoisotopic (exact) mass is 481 g/mol. The topological polar surface area (TPSA) is 70.7 Å². The van der Waals surface area contributed by atoms with Gasteiger partial charge in [-0.3, -0.25) is 10.1 Å². The molecule has 2 N–H and O–H groups in total. The molecule has 0 radical (unpaired) electrons. The summed E-state index contributed by atoms with van der Waals surface area (Å²) >= 11 is 0. The molecule has 2 atom stereocenters. The molecule has 0 aromatic heterocycles. The standard InChI is InChI=1S/C20H31N3O3.C9H12/c1-14(2)17-22-16(11-12-21-19(25)26-20(3,4)5)18(24)23(17)13-15-9-7-6-8-10-15;1-3-9-6-4-5-8(2)7-9/h6-10,14,16-17,22H,11-13H2,1-5H3,(H,21,25);4-7H,3H2,1-2H3. The quantitative estimate of drug-likeness (QED) is 0.552. The number of nitrogens with one attached hydrogen (secondary N) is 2. The van der Waals surface area contributed by atoms with Crippen molar-refractivity contribution in [1.82, 2.24) is 15.5 Å². The van der Waals surface area contributed by atoms with Crippen LogP contribution in [0.2, 0.25) is 0 Å². The maximum atomic E-state index is 12.8. The molecule has 2 aromatic carbocycles. The molecule has 6 nitrogen and oxygen atoms in total. The first-order valence-corrected chi connectivity index (χ1v) is 12.6. The van der Waals surface area contributed by atoms with Gasteiger partial charge in [-0.05, 0) is 57.6 Å². The number of carbonyl (C=O) groups excluding carboxylic acids is 2. The van der Waals surface area contributed by atoms with Gasteiger partial charge in [-0.1, -0.05) is 80.9 Å². The highest BCUT2D eigenvalue weighted by atomic mass is 16.6. The molecule has 1 aliphatic rings. The third kappa shape index (κ3) is 9.73. The second-order valence-electron chi connectivity index (χ2n) is 10.4. The minimum Gasteiger partial charge on any atom is -0.444 e. The molecule has 2 amide bonds. The average molecular weight is 482 g/mol. The summed E-state index contributed by atoms with van der Waals surface area (Å²) in [7, 11) is 0. The highest BCUT2D eigenvalue weighted by molar-refractivity contribution is 5.84. The molecule has 35 heavy (non-hydrogen) atoms. The van der Waals surface area contributed by atoms with Crippen molar-refractivity contribution in [3.05, 3.63) is 71.3 Å². The smallest absolute Gasteiger partial charge is 0.407 e. The van der Waals surface area contributed by atoms with Gasteiger partial charge in [0, 0.05) is 13.1 Å². The summed E-state index contributed by atoms with van der Waals surface area (Å²) in [6.07, 6.45) is 1.22. The molecule has 0 aliphatic carbocycles. The Kier molecular flexibility index (Phi) is 10.8. The average Bonchev–Trinajstić information content (AvgIpc) is 3.09. The van der Waals surface area contributed by atoms with Gasteiger partial charge in [0.1, 0.15) is 5.60 Å². The van der Waals surface area contributed by atoms with Crippen LogP contribution in [0.5, 0.6) is 0 Å². The van der Waals surface area contributed by atoms with Crippen molar-refractivity contribution in [2.24, 2.45) is 5.92 Å². The van der Waals surface area contributed by atoms with Crippen molar-refractivity contribution >= 4 is 12.0 Å². The van der Waals surface area contributed by atoms with Crippen LogP contribution in [0.15, 0.2) is 54.6 Å². The van der Waals surface area contributed by atoms with Crippen LogP contribution >= 0.6 is 0 Å². The number of carbonyl (C=O) groups is 2. The Bertz CT molecular complexity index is 938. The Morgan fingerprint density at radius 2 is 1.74 bits per heavy atom. The van der Waals surface area contributed by atoms with E-state index in [1.165, 1.54) is 11.1 Å². The summed E-state index contributed by atoms with van der Waals surface area (Å²) in [5.74, 6) is 0.380. The predicted octanol–water partition coefficient (Wildman–Crippen LogP) is 5.44. The van der Waals surface area contributed by atoms with E-state index < -0.39 is 11.7 Å². The molecule has 1 heterocycles. The van der Waals surface area contributed by atoms with E-state index in [0.717, 1.165) is 12.0 Å². The number of benzene rings is 2. The van der Waals surface area contributed by atoms with Gasteiger partial charge < -0.3 is 15.0 Å². The van der Waals surface area contributed by atoms with E-state index in [-0.39, 0.29) is 18.1 Å². The molecule has 0 bridgehead atoms. The van der Waals surface area contributed by atoms with Crippen molar-refractivity contribution < 1.29 is 14.3 Å². The fourth-order valence-corrected chi connectivity index (χ4v) is 3.98. The molecule has 2 unspecified atom stereocenters. The van der Waals surface area contributed by atoms with Gasteiger partial charge in [0.15, 0.2) is 0 Å². The first-order valence-electron chi connectivity index (χ1n) is 12.6. The van der Waals surface area contributed by atoms with E-state index in [0.29, 0.717) is 25.4 Å². The number of hydrogen-bond acceptors (Lipinski definition) is 4. The largest absolute Gasteiger partial charge is 0.444 e. The molecule has 0 saturated carbocycles. The van der Waals surface area contributed by atoms with Crippen LogP contribution in [0.25, 0.3) is 0 Å². The van der Waals surface area contributed by atoms with E-state index in [9.17, 15) is 9.59 Å². The summed E-state index contributed by atoms with van der Waals surface area (Å²) in [4.78, 5) is 26.5. The number of hydrogen-bond donors (Lipinski definition) is 2. The number of ether oxygens (including phenoxy) is 1. The number of alkyl carbamates (subject to hydrolysis) is 1. The normalized spacial score (nSPS) is 17.7. The van der Waals surface area contributed by atoms with Crippen LogP contribution < -0.4 is 10.6 Å². The van der Waals surface area contributed by atoms with E-state index in [4.69, 9.17) is 4.74 Å². The summed E-state index contributed by atoms with van der Waals surface area (Å²) in [6, 6.07) is 18.3. The van der Waals surface area contributed by atoms with Gasteiger partial charge in [0.25, 0.3) is 0 Å². The summed E-state index contributed by atoms with van der Waals surface area (Å²) in [5.41, 5.74) is 3.37. The van der Waals surface area contributed by atoms with E-state index in [2.05, 4.69) is 62.6 Å². The van der Waals surface area contributed by atoms with Gasteiger partial charge in [-0.15, -0.1) is 0 Å². The van der Waals surface area contributed by atoms with Crippen LogP contribution in [0.1, 0.15) is 64.7 Å². The maximum absolute atomic E-state index is 12.8. The van der Waals surface area contributed by atoms with Crippen LogP contribution in [-0.4, -0.2) is 41.3 Å². The van der Waals surface area contributed by atoms with E-state index >= 15 is 0 Å². The number of aryl methyl sites for hydroxylation is 2. The molecule has 6 heteroatoms. The van der Waals surface area contributed by atoms with Crippen LogP contribution in [0, 0.1) is 12.8 Å². The lowest BCUT2D eigenvalue weighted by Gasteiger charge is -2.27. The van der Waals surface area contributed by atoms with Crippen LogP contribution in [-0.2, 0) is 22.5 Å². The third-order valence-corrected chi connectivity index (χ3v) is 5.71. The highest BCUT2D eigenvalue weighted by Gasteiger charge is 2.39. The third-order valence-electron chi connectivity index (χ3n) is 5.71. The number of nitrogens with zero attached hydrogens (tertiary/aromatic N) is 1. The summed E-state index contributed by atoms with van der Waals surface area (Å²) < 4.78 is 5.22. The first kappa shape index (κ1) is 28.4. The van der Waals surface area contributed by atoms with Crippen molar-refractivity contribution in [3.8, 4) is 0 Å². The van der Waals surface area contributed by atoms with Crippen LogP contribution in [0.4, 0.5) is 4.79 Å². The van der Waals surface area contributed by atoms with E-state index in [1.807, 2.05) is 56.0 Å². The van der Waals surface area contributed by atoms with E-state index in [1.54, 1.807) is 0 Å². The Hall–Kier alpha value is -2.86. The van der Waals surface area contributed by atoms with Crippen molar-refractivity contribution in [2.75, 3.05) is 6.54 Å². The lowest BCUT2D eigenvalue weighted by atomic mass is 10.1. The molecule has 3 rings (SSSR count). The molecule has 1 aliphatic heterocycles. The fourth-order valence-electron chi connectivity index (χ4n) is 3.98. The maximum Gasteiger partial charge on any atom is 0.407 e. The highest BCUT2D eigenvalue weighted by Crippen LogP contribution is 2.22. The molecule has 1 saturated heterocycles. The lowest BCUT2D eigenvalue weighted by molar-refractivity contribution is -0.131. The zero-order chi connectivity index (χ0) is 26.0. The first-order chi connectivity index (χ1) is 16.5. The fraction of sp³-hybridized carbons (Fsp3) is 0.517. The Morgan fingerprint density at radius 3 is 2.29 bits per heavy atom.